The predicted molar refractivity (Wildman–Crippen MR) is 132 cm³/mol. The number of ether oxygens (including phenoxy) is 1. The molecule has 6 nitrogen and oxygen atoms in total. The molecule has 0 aliphatic rings. The van der Waals surface area contributed by atoms with E-state index in [2.05, 4.69) is 15.5 Å². The van der Waals surface area contributed by atoms with Crippen molar-refractivity contribution in [3.8, 4) is 10.6 Å². The van der Waals surface area contributed by atoms with Gasteiger partial charge in [-0.1, -0.05) is 64.9 Å². The smallest absolute Gasteiger partial charge is 0.416 e. The van der Waals surface area contributed by atoms with Crippen molar-refractivity contribution in [2.75, 3.05) is 11.9 Å². The summed E-state index contributed by atoms with van der Waals surface area (Å²) in [6, 6.07) is 16.4. The summed E-state index contributed by atoms with van der Waals surface area (Å²) in [5, 5.41) is 22.3. The Labute approximate surface area is 217 Å². The summed E-state index contributed by atoms with van der Waals surface area (Å²) in [5.41, 5.74) is 1.06. The van der Waals surface area contributed by atoms with E-state index in [-0.39, 0.29) is 5.56 Å². The van der Waals surface area contributed by atoms with Gasteiger partial charge >= 0.3 is 12.1 Å². The van der Waals surface area contributed by atoms with E-state index in [9.17, 15) is 18.0 Å². The third kappa shape index (κ3) is 6.33. The Morgan fingerprint density at radius 2 is 1.72 bits per heavy atom. The van der Waals surface area contributed by atoms with Crippen LogP contribution in [-0.4, -0.2) is 27.9 Å². The molecule has 0 bridgehead atoms. The standard InChI is InChI=1S/C24H16Cl2F3N3O3S/c25-18-8-7-17(11-19(18)26)30-23-32-31-22(36-23)15-5-1-3-13(9-15)21(35-12-20(33)34)14-4-2-6-16(10-14)24(27,28)29/h1-11,21H,12H2,(H,30,32)(H,33,34). The molecule has 4 rings (SSSR count). The van der Waals surface area contributed by atoms with Crippen LogP contribution in [0.4, 0.5) is 24.0 Å². The van der Waals surface area contributed by atoms with Crippen molar-refractivity contribution in [3.05, 3.63) is 93.5 Å². The Morgan fingerprint density at radius 1 is 1.00 bits per heavy atom. The zero-order valence-corrected chi connectivity index (χ0v) is 20.4. The van der Waals surface area contributed by atoms with Crippen LogP contribution in [0.25, 0.3) is 10.6 Å². The molecule has 0 aliphatic carbocycles. The molecular weight excluding hydrogens is 538 g/mol. The number of aromatic nitrogens is 2. The van der Waals surface area contributed by atoms with Gasteiger partial charge in [0, 0.05) is 11.3 Å². The molecule has 1 unspecified atom stereocenters. The Bertz CT molecular complexity index is 1400. The molecule has 0 radical (unpaired) electrons. The fourth-order valence-corrected chi connectivity index (χ4v) is 4.40. The Balaban J connectivity index is 1.63. The lowest BCUT2D eigenvalue weighted by molar-refractivity contribution is -0.144. The number of carbonyl (C=O) groups is 1. The van der Waals surface area contributed by atoms with Crippen molar-refractivity contribution in [2.24, 2.45) is 0 Å². The zero-order valence-electron chi connectivity index (χ0n) is 18.1. The van der Waals surface area contributed by atoms with Gasteiger partial charge in [0.25, 0.3) is 0 Å². The highest BCUT2D eigenvalue weighted by Crippen LogP contribution is 2.36. The van der Waals surface area contributed by atoms with Crippen LogP contribution in [0, 0.1) is 0 Å². The molecule has 0 saturated carbocycles. The highest BCUT2D eigenvalue weighted by atomic mass is 35.5. The number of hydrogen-bond donors (Lipinski definition) is 2. The number of carboxylic acids is 1. The quantitative estimate of drug-likeness (QED) is 0.235. The molecule has 1 heterocycles. The number of hydrogen-bond acceptors (Lipinski definition) is 6. The molecule has 2 N–H and O–H groups in total. The number of carboxylic acid groups (broad SMARTS) is 1. The molecule has 1 atom stereocenters. The maximum Gasteiger partial charge on any atom is 0.416 e. The normalized spacial score (nSPS) is 12.4. The summed E-state index contributed by atoms with van der Waals surface area (Å²) in [6.45, 7) is -0.693. The van der Waals surface area contributed by atoms with Gasteiger partial charge in [0.05, 0.1) is 15.6 Å². The monoisotopic (exact) mass is 553 g/mol. The van der Waals surface area contributed by atoms with Crippen LogP contribution < -0.4 is 5.32 Å². The lowest BCUT2D eigenvalue weighted by Crippen LogP contribution is -2.14. The Hall–Kier alpha value is -3.18. The first-order valence-electron chi connectivity index (χ1n) is 10.3. The van der Waals surface area contributed by atoms with Gasteiger partial charge in [-0.15, -0.1) is 10.2 Å². The number of nitrogens with one attached hydrogen (secondary N) is 1. The molecule has 4 aromatic rings. The van der Waals surface area contributed by atoms with Gasteiger partial charge in [0.15, 0.2) is 0 Å². The lowest BCUT2D eigenvalue weighted by atomic mass is 9.98. The van der Waals surface area contributed by atoms with E-state index >= 15 is 0 Å². The van der Waals surface area contributed by atoms with Crippen LogP contribution in [0.3, 0.4) is 0 Å². The number of aliphatic carboxylic acids is 1. The highest BCUT2D eigenvalue weighted by molar-refractivity contribution is 7.18. The van der Waals surface area contributed by atoms with Crippen LogP contribution in [0.5, 0.6) is 0 Å². The number of anilines is 2. The van der Waals surface area contributed by atoms with Gasteiger partial charge in [-0.2, -0.15) is 13.2 Å². The maximum absolute atomic E-state index is 13.3. The van der Waals surface area contributed by atoms with Crippen molar-refractivity contribution >= 4 is 51.3 Å². The van der Waals surface area contributed by atoms with Crippen LogP contribution >= 0.6 is 34.5 Å². The van der Waals surface area contributed by atoms with Crippen molar-refractivity contribution in [1.29, 1.82) is 0 Å². The third-order valence-electron chi connectivity index (χ3n) is 4.92. The summed E-state index contributed by atoms with van der Waals surface area (Å²) in [5.74, 6) is -1.25. The summed E-state index contributed by atoms with van der Waals surface area (Å²) < 4.78 is 45.3. The molecule has 1 aromatic heterocycles. The van der Waals surface area contributed by atoms with Crippen molar-refractivity contribution in [3.63, 3.8) is 0 Å². The first-order chi connectivity index (χ1) is 17.1. The predicted octanol–water partition coefficient (Wildman–Crippen LogP) is 7.46. The Morgan fingerprint density at radius 3 is 2.42 bits per heavy atom. The highest BCUT2D eigenvalue weighted by Gasteiger charge is 2.31. The summed E-state index contributed by atoms with van der Waals surface area (Å²) in [6.07, 6.45) is -5.61. The molecule has 3 aromatic carbocycles. The first-order valence-corrected chi connectivity index (χ1v) is 11.8. The second kappa shape index (κ2) is 10.8. The largest absolute Gasteiger partial charge is 0.480 e. The molecule has 36 heavy (non-hydrogen) atoms. The molecule has 0 aliphatic heterocycles. The molecule has 0 amide bonds. The van der Waals surface area contributed by atoms with Crippen LogP contribution in [0.1, 0.15) is 22.8 Å². The molecule has 0 spiro atoms. The van der Waals surface area contributed by atoms with Gasteiger partial charge in [0.2, 0.25) is 5.13 Å². The number of nitrogens with zero attached hydrogens (tertiary/aromatic N) is 2. The van der Waals surface area contributed by atoms with E-state index in [1.54, 1.807) is 42.5 Å². The third-order valence-corrected chi connectivity index (χ3v) is 6.55. The van der Waals surface area contributed by atoms with E-state index < -0.39 is 30.4 Å². The van der Waals surface area contributed by atoms with E-state index in [1.807, 2.05) is 0 Å². The van der Waals surface area contributed by atoms with Gasteiger partial charge in [-0.25, -0.2) is 4.79 Å². The van der Waals surface area contributed by atoms with Crippen molar-refractivity contribution in [2.45, 2.75) is 12.3 Å². The van der Waals surface area contributed by atoms with E-state index in [1.165, 1.54) is 23.5 Å². The van der Waals surface area contributed by atoms with E-state index in [4.69, 9.17) is 33.0 Å². The minimum absolute atomic E-state index is 0.169. The molecular formula is C24H16Cl2F3N3O3S. The minimum atomic E-state index is -4.56. The second-order valence-electron chi connectivity index (χ2n) is 7.50. The van der Waals surface area contributed by atoms with Gasteiger partial charge in [0.1, 0.15) is 17.7 Å². The van der Waals surface area contributed by atoms with E-state index in [0.717, 1.165) is 12.1 Å². The van der Waals surface area contributed by atoms with E-state index in [0.29, 0.717) is 37.0 Å². The molecule has 186 valence electrons. The number of benzene rings is 3. The zero-order chi connectivity index (χ0) is 25.9. The maximum atomic E-state index is 13.3. The van der Waals surface area contributed by atoms with Gasteiger partial charge in [-0.05, 0) is 47.5 Å². The Kier molecular flexibility index (Phi) is 7.79. The average molecular weight is 554 g/mol. The average Bonchev–Trinajstić information content (AvgIpc) is 3.30. The summed E-state index contributed by atoms with van der Waals surface area (Å²) in [7, 11) is 0. The van der Waals surface area contributed by atoms with Gasteiger partial charge < -0.3 is 15.2 Å². The molecule has 12 heteroatoms. The number of halogens is 5. The fourth-order valence-electron chi connectivity index (χ4n) is 3.34. The fraction of sp³-hybridized carbons (Fsp3) is 0.125. The van der Waals surface area contributed by atoms with Gasteiger partial charge in [-0.3, -0.25) is 0 Å². The van der Waals surface area contributed by atoms with Crippen LogP contribution in [-0.2, 0) is 15.7 Å². The van der Waals surface area contributed by atoms with Crippen LogP contribution in [0.2, 0.25) is 10.0 Å². The number of rotatable bonds is 8. The minimum Gasteiger partial charge on any atom is -0.480 e. The first kappa shape index (κ1) is 25.9. The SMILES string of the molecule is O=C(O)COC(c1cccc(-c2nnc(Nc3ccc(Cl)c(Cl)c3)s2)c1)c1cccc(C(F)(F)F)c1. The molecule has 0 fully saturated rings. The van der Waals surface area contributed by atoms with Crippen LogP contribution in [0.15, 0.2) is 66.7 Å². The number of alkyl halides is 3. The van der Waals surface area contributed by atoms with Crippen molar-refractivity contribution < 1.29 is 27.8 Å². The second-order valence-corrected chi connectivity index (χ2v) is 9.29. The lowest BCUT2D eigenvalue weighted by Gasteiger charge is -2.20. The molecule has 0 saturated heterocycles. The summed E-state index contributed by atoms with van der Waals surface area (Å²) in [4.78, 5) is 11.1. The summed E-state index contributed by atoms with van der Waals surface area (Å²) >= 11 is 13.2. The topological polar surface area (TPSA) is 84.3 Å². The van der Waals surface area contributed by atoms with Crippen molar-refractivity contribution in [1.82, 2.24) is 10.2 Å².